The number of hydrogen-bond acceptors (Lipinski definition) is 1. The second-order valence-electron chi connectivity index (χ2n) is 1.82. The quantitative estimate of drug-likeness (QED) is 0.481. The highest BCUT2D eigenvalue weighted by atomic mass is 19.1. The van der Waals surface area contributed by atoms with Gasteiger partial charge in [-0.2, -0.15) is 0 Å². The molecular weight excluding hydrogens is 95.1 g/mol. The molecule has 0 unspecified atom stereocenters. The Hall–Kier alpha value is -0.400. The van der Waals surface area contributed by atoms with Gasteiger partial charge in [0.15, 0.2) is 12.5 Å². The van der Waals surface area contributed by atoms with Gasteiger partial charge in [-0.15, -0.1) is 0 Å². The van der Waals surface area contributed by atoms with Crippen LogP contribution in [-0.4, -0.2) is 12.5 Å². The zero-order valence-corrected chi connectivity index (χ0v) is 4.52. The molecule has 0 N–H and O–H groups in total. The Morgan fingerprint density at radius 2 is 2.00 bits per heavy atom. The van der Waals surface area contributed by atoms with Gasteiger partial charge in [-0.1, -0.05) is 13.8 Å². The predicted octanol–water partition coefficient (Wildman–Crippen LogP) is 1.18. The maximum Gasteiger partial charge on any atom is 0.157 e. The fourth-order valence-electron chi connectivity index (χ4n) is 0.157. The molecule has 0 saturated carbocycles. The fourth-order valence-corrected chi connectivity index (χ4v) is 0.157. The molecule has 0 fully saturated rings. The van der Waals surface area contributed by atoms with Crippen molar-refractivity contribution in [3.8, 4) is 0 Å². The first kappa shape index (κ1) is 6.60. The van der Waals surface area contributed by atoms with Crippen LogP contribution in [0.4, 0.5) is 4.39 Å². The molecule has 1 nitrogen and oxygen atoms in total. The van der Waals surface area contributed by atoms with Gasteiger partial charge in [0.1, 0.15) is 0 Å². The molecule has 0 aromatic heterocycles. The number of carbonyl (C=O) groups excluding carboxylic acids is 1. The van der Waals surface area contributed by atoms with Gasteiger partial charge in [-0.05, 0) is 5.92 Å². The lowest BCUT2D eigenvalue weighted by atomic mass is 10.1. The summed E-state index contributed by atoms with van der Waals surface area (Å²) in [7, 11) is 0. The van der Waals surface area contributed by atoms with Gasteiger partial charge in [0.2, 0.25) is 0 Å². The average Bonchev–Trinajstić information content (AvgIpc) is 1.65. The van der Waals surface area contributed by atoms with Gasteiger partial charge >= 0.3 is 0 Å². The second kappa shape index (κ2) is 2.72. The summed E-state index contributed by atoms with van der Waals surface area (Å²) in [5.41, 5.74) is 0. The van der Waals surface area contributed by atoms with E-state index in [1.165, 1.54) is 0 Å². The summed E-state index contributed by atoms with van der Waals surface area (Å²) >= 11 is 0. The van der Waals surface area contributed by atoms with Gasteiger partial charge in [0, 0.05) is 0 Å². The first-order valence-corrected chi connectivity index (χ1v) is 2.28. The predicted molar refractivity (Wildman–Crippen MR) is 25.8 cm³/mol. The molecule has 1 atom stereocenters. The molecule has 0 saturated heterocycles. The van der Waals surface area contributed by atoms with Crippen LogP contribution in [0, 0.1) is 5.92 Å². The molecule has 0 aromatic rings. The summed E-state index contributed by atoms with van der Waals surface area (Å²) in [5, 5.41) is 0. The highest BCUT2D eigenvalue weighted by Crippen LogP contribution is 2.00. The second-order valence-corrected chi connectivity index (χ2v) is 1.82. The van der Waals surface area contributed by atoms with Crippen LogP contribution in [0.3, 0.4) is 0 Å². The van der Waals surface area contributed by atoms with E-state index < -0.39 is 6.17 Å². The molecule has 0 spiro atoms. The number of carbonyl (C=O) groups is 1. The van der Waals surface area contributed by atoms with Crippen LogP contribution in [0.1, 0.15) is 13.8 Å². The zero-order valence-electron chi connectivity index (χ0n) is 4.52. The third-order valence-corrected chi connectivity index (χ3v) is 0.767. The van der Waals surface area contributed by atoms with Crippen molar-refractivity contribution in [1.29, 1.82) is 0 Å². The van der Waals surface area contributed by atoms with E-state index in [9.17, 15) is 9.18 Å². The summed E-state index contributed by atoms with van der Waals surface area (Å²) < 4.78 is 11.9. The first-order chi connectivity index (χ1) is 3.18. The van der Waals surface area contributed by atoms with Gasteiger partial charge in [-0.25, -0.2) is 4.39 Å². The van der Waals surface area contributed by atoms with Crippen LogP contribution in [0.2, 0.25) is 0 Å². The van der Waals surface area contributed by atoms with E-state index in [4.69, 9.17) is 0 Å². The smallest absolute Gasteiger partial charge is 0.157 e. The molecule has 0 heterocycles. The summed E-state index contributed by atoms with van der Waals surface area (Å²) in [6, 6.07) is 0. The minimum atomic E-state index is -1.28. The van der Waals surface area contributed by atoms with E-state index in [1.54, 1.807) is 13.8 Å². The number of halogens is 1. The summed E-state index contributed by atoms with van der Waals surface area (Å²) in [5.74, 6) is -0.169. The molecule has 0 aliphatic carbocycles. The molecule has 0 bridgehead atoms. The van der Waals surface area contributed by atoms with Gasteiger partial charge in [-0.3, -0.25) is 0 Å². The van der Waals surface area contributed by atoms with E-state index in [1.807, 2.05) is 0 Å². The van der Waals surface area contributed by atoms with Gasteiger partial charge in [0.05, 0.1) is 0 Å². The Labute approximate surface area is 42.5 Å². The summed E-state index contributed by atoms with van der Waals surface area (Å²) in [6.07, 6.45) is -0.954. The Bertz CT molecular complexity index is 61.1. The molecule has 2 heteroatoms. The van der Waals surface area contributed by atoms with Crippen LogP contribution in [0.25, 0.3) is 0 Å². The SMILES string of the molecule is CC(C)[C@@H](F)C=O. The molecular formula is C5H9FO. The third-order valence-electron chi connectivity index (χ3n) is 0.767. The topological polar surface area (TPSA) is 17.1 Å². The Kier molecular flexibility index (Phi) is 2.56. The molecule has 0 amide bonds. The van der Waals surface area contributed by atoms with Crippen LogP contribution in [0.5, 0.6) is 0 Å². The van der Waals surface area contributed by atoms with Crippen molar-refractivity contribution in [2.45, 2.75) is 20.0 Å². The summed E-state index contributed by atoms with van der Waals surface area (Å²) in [6.45, 7) is 3.33. The minimum absolute atomic E-state index is 0.169. The Balaban J connectivity index is 3.33. The van der Waals surface area contributed by atoms with Crippen molar-refractivity contribution >= 4 is 6.29 Å². The minimum Gasteiger partial charge on any atom is -0.300 e. The van der Waals surface area contributed by atoms with E-state index in [0.717, 1.165) is 0 Å². The van der Waals surface area contributed by atoms with Crippen molar-refractivity contribution in [3.05, 3.63) is 0 Å². The van der Waals surface area contributed by atoms with Crippen molar-refractivity contribution in [2.24, 2.45) is 5.92 Å². The van der Waals surface area contributed by atoms with Crippen molar-refractivity contribution in [2.75, 3.05) is 0 Å². The maximum atomic E-state index is 11.9. The lowest BCUT2D eigenvalue weighted by Crippen LogP contribution is -2.09. The number of alkyl halides is 1. The van der Waals surface area contributed by atoms with Crippen molar-refractivity contribution in [1.82, 2.24) is 0 Å². The monoisotopic (exact) mass is 104 g/mol. The zero-order chi connectivity index (χ0) is 5.86. The van der Waals surface area contributed by atoms with E-state index >= 15 is 0 Å². The summed E-state index contributed by atoms with van der Waals surface area (Å²) in [4.78, 5) is 9.57. The molecule has 0 radical (unpaired) electrons. The third kappa shape index (κ3) is 2.31. The lowest BCUT2D eigenvalue weighted by molar-refractivity contribution is -0.113. The molecule has 0 rings (SSSR count). The van der Waals surface area contributed by atoms with E-state index in [2.05, 4.69) is 0 Å². The fraction of sp³-hybridized carbons (Fsp3) is 0.800. The molecule has 0 aromatic carbocycles. The van der Waals surface area contributed by atoms with Gasteiger partial charge < -0.3 is 4.79 Å². The normalized spacial score (nSPS) is 14.3. The van der Waals surface area contributed by atoms with Crippen LogP contribution in [0.15, 0.2) is 0 Å². The standard InChI is InChI=1S/C5H9FO/c1-4(2)5(6)3-7/h3-5H,1-2H3/t5-/m0/s1. The highest BCUT2D eigenvalue weighted by Gasteiger charge is 2.07. The highest BCUT2D eigenvalue weighted by molar-refractivity contribution is 5.55. The molecule has 7 heavy (non-hydrogen) atoms. The maximum absolute atomic E-state index is 11.9. The average molecular weight is 104 g/mol. The number of aldehydes is 1. The van der Waals surface area contributed by atoms with Crippen LogP contribution >= 0.6 is 0 Å². The van der Waals surface area contributed by atoms with Crippen molar-refractivity contribution < 1.29 is 9.18 Å². The van der Waals surface area contributed by atoms with Crippen molar-refractivity contribution in [3.63, 3.8) is 0 Å². The number of hydrogen-bond donors (Lipinski definition) is 0. The lowest BCUT2D eigenvalue weighted by Gasteiger charge is -2.00. The van der Waals surface area contributed by atoms with Gasteiger partial charge in [0.25, 0.3) is 0 Å². The van der Waals surface area contributed by atoms with E-state index in [-0.39, 0.29) is 5.92 Å². The van der Waals surface area contributed by atoms with E-state index in [0.29, 0.717) is 6.29 Å². The largest absolute Gasteiger partial charge is 0.300 e. The molecule has 42 valence electrons. The molecule has 0 aliphatic heterocycles. The number of rotatable bonds is 2. The Morgan fingerprint density at radius 1 is 1.57 bits per heavy atom. The van der Waals surface area contributed by atoms with Crippen LogP contribution < -0.4 is 0 Å². The Morgan fingerprint density at radius 3 is 2.00 bits per heavy atom. The first-order valence-electron chi connectivity index (χ1n) is 2.28. The van der Waals surface area contributed by atoms with Crippen LogP contribution in [-0.2, 0) is 4.79 Å². The molecule has 0 aliphatic rings.